The second kappa shape index (κ2) is 51.8. The first-order chi connectivity index (χ1) is 56.3. The number of methoxy groups -OCH3 is 8. The highest BCUT2D eigenvalue weighted by atomic mass is 16.7. The molecule has 4 saturated heterocycles. The Balaban J connectivity index is 1.18. The van der Waals surface area contributed by atoms with Crippen molar-refractivity contribution in [3.63, 3.8) is 0 Å². The predicted octanol–water partition coefficient (Wildman–Crippen LogP) is 9.16. The van der Waals surface area contributed by atoms with Crippen molar-refractivity contribution in [2.45, 2.75) is 381 Å². The van der Waals surface area contributed by atoms with E-state index < -0.39 is 182 Å². The summed E-state index contributed by atoms with van der Waals surface area (Å²) in [5.74, 6) is -4.40. The zero-order chi connectivity index (χ0) is 86.4. The van der Waals surface area contributed by atoms with Gasteiger partial charge in [0.05, 0.1) is 135 Å². The minimum Gasteiger partial charge on any atom is -0.459 e. The molecule has 0 aliphatic carbocycles. The van der Waals surface area contributed by atoms with Gasteiger partial charge in [-0.3, -0.25) is 0 Å². The van der Waals surface area contributed by atoms with Crippen LogP contribution in [-0.4, -0.2) is 306 Å². The lowest BCUT2D eigenvalue weighted by molar-refractivity contribution is -0.290. The molecule has 680 valence electrons. The summed E-state index contributed by atoms with van der Waals surface area (Å²) < 4.78 is 110. The summed E-state index contributed by atoms with van der Waals surface area (Å²) in [7, 11) is 12.5. The molecule has 28 heteroatoms. The molecule has 7 aliphatic heterocycles. The molecule has 118 heavy (non-hydrogen) atoms. The molecule has 0 spiro atoms. The van der Waals surface area contributed by atoms with E-state index in [1.54, 1.807) is 54.4 Å². The number of ether oxygens (including phenoxy) is 18. The van der Waals surface area contributed by atoms with Crippen molar-refractivity contribution < 1.29 is 136 Å². The van der Waals surface area contributed by atoms with E-state index in [2.05, 4.69) is 0 Å². The Morgan fingerprint density at radius 3 is 1.14 bits per heavy atom. The lowest BCUT2D eigenvalue weighted by atomic mass is 9.83. The fraction of sp³-hybridized carbons (Fsp3) is 0.844. The van der Waals surface area contributed by atoms with Crippen molar-refractivity contribution in [2.75, 3.05) is 70.1 Å². The molecule has 0 aromatic carbocycles. The molecule has 7 rings (SSSR count). The van der Waals surface area contributed by atoms with E-state index in [9.17, 15) is 50.4 Å². The first-order valence-electron chi connectivity index (χ1n) is 43.6. The van der Waals surface area contributed by atoms with Gasteiger partial charge in [0.25, 0.3) is 0 Å². The maximum atomic E-state index is 14.2. The molecule has 0 aromatic rings. The van der Waals surface area contributed by atoms with Crippen molar-refractivity contribution >= 4 is 11.9 Å². The topological polar surface area (TPSA) is 362 Å². The van der Waals surface area contributed by atoms with Crippen molar-refractivity contribution in [3.05, 3.63) is 71.9 Å². The number of hydrogen-bond acceptors (Lipinski definition) is 28. The summed E-state index contributed by atoms with van der Waals surface area (Å²) in [4.78, 5) is 28.5. The molecule has 0 aromatic heterocycles. The molecule has 28 nitrogen and oxygen atoms in total. The minimum atomic E-state index is -1.23. The van der Waals surface area contributed by atoms with Crippen molar-refractivity contribution in [3.8, 4) is 0 Å². The summed E-state index contributed by atoms with van der Waals surface area (Å²) >= 11 is 0. The van der Waals surface area contributed by atoms with Crippen LogP contribution in [0.25, 0.3) is 0 Å². The number of aliphatic hydroxyl groups is 8. The highest BCUT2D eigenvalue weighted by molar-refractivity contribution is 5.83. The van der Waals surface area contributed by atoms with Gasteiger partial charge in [-0.15, -0.1) is 0 Å². The van der Waals surface area contributed by atoms with Gasteiger partial charge >= 0.3 is 11.9 Å². The first-order valence-corrected chi connectivity index (χ1v) is 43.6. The fourth-order valence-electron chi connectivity index (χ4n) is 18.0. The quantitative estimate of drug-likeness (QED) is 0.0329. The van der Waals surface area contributed by atoms with Crippen molar-refractivity contribution in [1.82, 2.24) is 0 Å². The number of esters is 2. The highest BCUT2D eigenvalue weighted by Gasteiger charge is 2.46. The number of hydrogen-bond donors (Lipinski definition) is 8. The monoisotopic (exact) mass is 1680 g/mol. The number of carbonyl (C=O) groups is 2. The van der Waals surface area contributed by atoms with Crippen molar-refractivity contribution in [2.24, 2.45) is 35.5 Å². The Hall–Kier alpha value is -3.58. The van der Waals surface area contributed by atoms with Crippen LogP contribution < -0.4 is 0 Å². The molecule has 0 amide bonds. The molecule has 4 fully saturated rings. The molecule has 36 atom stereocenters. The van der Waals surface area contributed by atoms with E-state index in [0.29, 0.717) is 62.5 Å². The van der Waals surface area contributed by atoms with E-state index in [0.717, 1.165) is 25.7 Å². The van der Waals surface area contributed by atoms with Crippen LogP contribution in [0, 0.1) is 35.5 Å². The standard InChI is InChI=1S/C90H152O28/c1-51-25-31-69(115-89-85(99)87(107-17)79(105-15)49-109-89)43-63-21-19-23-65(113-63)47-75(103-13)58(8)74(94)40-62(92)42-78(60(10)84(98)54(4)30-34-68-46-72(102-12)38-56(6)112-68)118-82(96)36-28-52(2)26-32-70(116-90-86(100)88(108-18)80(106-16)50-110-90)44-64-22-20-24-66(114-64)48-76(104-14)57(7)73(93)39-61(91)41-77(117-81(95)35-27-51)59(9)83(97)53(3)29-33-67-45-71(101-11)37-55(5)111-67/h19-22,25-28,35-36,53-80,83-94,97-100H,23-24,29-34,37-50H2,1-18H3/b35-27+,36-28+,51-25+,52-26+/t53-,54-,55-,56-,57-,58-,59+,60+,61+,62+,63-,64-,65-,66-,67-,68-,69-,70-,71+,72+,73-,74-,75-,76-,77-,78-,79-,80-,83-,84-,85-,86-,87+,88+,89+,90+/m0/s1. The molecular weight excluding hydrogens is 1530 g/mol. The number of fused-ring (bicyclic) bond motifs is 4. The number of allylic oxidation sites excluding steroid dienone is 4. The lowest BCUT2D eigenvalue weighted by Gasteiger charge is -2.40. The second-order valence-electron chi connectivity index (χ2n) is 35.0. The summed E-state index contributed by atoms with van der Waals surface area (Å²) in [6.07, 6.45) is 5.51. The number of carbonyl (C=O) groups excluding carboxylic acids is 2. The minimum absolute atomic E-state index is 0.0206. The number of aliphatic hydroxyl groups excluding tert-OH is 8. The van der Waals surface area contributed by atoms with Gasteiger partial charge in [-0.1, -0.05) is 101 Å². The maximum absolute atomic E-state index is 14.2. The van der Waals surface area contributed by atoms with E-state index >= 15 is 0 Å². The van der Waals surface area contributed by atoms with Crippen LogP contribution >= 0.6 is 0 Å². The Morgan fingerprint density at radius 1 is 0.424 bits per heavy atom. The SMILES string of the molecule is CO[C@H]1C[C@H](CC[C@H](C)[C@H](O)[C@H](C)[C@@H]2C[C@H](O)C[C@H](O)[C@H](C)[C@@H](OC)C[C@@H]3CC=C[C@@H](C[C@@H](O[C@H]4OC[C@H](OC)[C@@H](OC)[C@@H]4O)C/C=C(C)/C=C/C(=O)O[C@H]([C@@H](C)[C@@H](O)[C@@H](C)CC[C@H]4C[C@H](OC)C[C@H](C)O4)C[C@H](O)C[C@H](O)[C@H](C)[C@@H](OC)C[C@@H]4CC=C[C@@H](C[C@@H](O[C@H]5OC[C@H](OC)[C@@H](OC)[C@@H]5O)C/C=C(C)/C=C/C(=O)O2)O4)O3)O[C@@H](C)C1. The third-order valence-corrected chi connectivity index (χ3v) is 25.8. The zero-order valence-corrected chi connectivity index (χ0v) is 73.9. The van der Waals surface area contributed by atoms with Gasteiger partial charge in [0, 0.05) is 131 Å². The summed E-state index contributed by atoms with van der Waals surface area (Å²) in [6, 6.07) is 0. The number of rotatable bonds is 24. The zero-order valence-electron chi connectivity index (χ0n) is 73.9. The van der Waals surface area contributed by atoms with E-state index in [1.165, 1.54) is 40.6 Å². The lowest BCUT2D eigenvalue weighted by Crippen LogP contribution is -2.56. The largest absolute Gasteiger partial charge is 0.459 e. The Bertz CT molecular complexity index is 2850. The predicted molar refractivity (Wildman–Crippen MR) is 441 cm³/mol. The average molecular weight is 1680 g/mol. The van der Waals surface area contributed by atoms with Gasteiger partial charge in [-0.25, -0.2) is 9.59 Å². The van der Waals surface area contributed by atoms with E-state index in [-0.39, 0.29) is 113 Å². The molecule has 7 aliphatic rings. The van der Waals surface area contributed by atoms with Crippen LogP contribution in [-0.2, 0) is 94.9 Å². The van der Waals surface area contributed by atoms with Gasteiger partial charge < -0.3 is 126 Å². The third-order valence-electron chi connectivity index (χ3n) is 25.8. The molecule has 4 bridgehead atoms. The van der Waals surface area contributed by atoms with Crippen LogP contribution in [0.4, 0.5) is 0 Å². The molecule has 8 N–H and O–H groups in total. The van der Waals surface area contributed by atoms with Gasteiger partial charge in [-0.2, -0.15) is 0 Å². The third kappa shape index (κ3) is 32.1. The van der Waals surface area contributed by atoms with Gasteiger partial charge in [0.15, 0.2) is 12.6 Å². The normalized spacial score (nSPS) is 41.5. The van der Waals surface area contributed by atoms with Crippen LogP contribution in [0.2, 0.25) is 0 Å². The van der Waals surface area contributed by atoms with Crippen LogP contribution in [0.3, 0.4) is 0 Å². The smallest absolute Gasteiger partial charge is 0.331 e. The number of cyclic esters (lactones) is 2. The first kappa shape index (κ1) is 102. The molecule has 0 saturated carbocycles. The Labute approximate surface area is 703 Å². The summed E-state index contributed by atoms with van der Waals surface area (Å²) in [5, 5.41) is 95.8. The fourth-order valence-corrected chi connectivity index (χ4v) is 18.0. The second-order valence-corrected chi connectivity index (χ2v) is 35.0. The maximum Gasteiger partial charge on any atom is 0.331 e. The molecule has 7 heterocycles. The molecular formula is C90H152O28. The summed E-state index contributed by atoms with van der Waals surface area (Å²) in [5.41, 5.74) is 1.32. The molecule has 0 radical (unpaired) electrons. The van der Waals surface area contributed by atoms with Crippen molar-refractivity contribution in [1.29, 1.82) is 0 Å². The van der Waals surface area contributed by atoms with Crippen LogP contribution in [0.5, 0.6) is 0 Å². The van der Waals surface area contributed by atoms with E-state index in [4.69, 9.17) is 85.3 Å². The van der Waals surface area contributed by atoms with Gasteiger partial charge in [-0.05, 0) is 129 Å². The summed E-state index contributed by atoms with van der Waals surface area (Å²) in [6.45, 7) is 19.1. The van der Waals surface area contributed by atoms with Crippen LogP contribution in [0.15, 0.2) is 71.9 Å². The Morgan fingerprint density at radius 2 is 0.797 bits per heavy atom. The van der Waals surface area contributed by atoms with Crippen LogP contribution in [0.1, 0.15) is 198 Å². The average Bonchev–Trinajstić information content (AvgIpc) is 0.825. The van der Waals surface area contributed by atoms with E-state index in [1.807, 2.05) is 91.8 Å². The Kier molecular flexibility index (Phi) is 44.5. The molecule has 0 unspecified atom stereocenters. The van der Waals surface area contributed by atoms with Gasteiger partial charge in [0.2, 0.25) is 0 Å². The van der Waals surface area contributed by atoms with Gasteiger partial charge in [0.1, 0.15) is 48.8 Å². The highest BCUT2D eigenvalue weighted by Crippen LogP contribution is 2.37.